The van der Waals surface area contributed by atoms with Crippen molar-refractivity contribution in [2.45, 2.75) is 0 Å². The van der Waals surface area contributed by atoms with Crippen molar-refractivity contribution in [3.05, 3.63) is 51.5 Å². The van der Waals surface area contributed by atoms with E-state index in [2.05, 4.69) is 0 Å². The van der Waals surface area contributed by atoms with Crippen LogP contribution < -0.4 is 7.96 Å². The molecule has 2 aromatic carbocycles. The number of nitro groups is 1. The molecule has 2 aromatic rings. The predicted octanol–water partition coefficient (Wildman–Crippen LogP) is 2.72. The van der Waals surface area contributed by atoms with Crippen LogP contribution in [-0.4, -0.2) is 37.1 Å². The molecular formula is C13H9ClNO3Po. The zero-order valence-corrected chi connectivity index (χ0v) is 13.9. The molecule has 2 rings (SSSR count). The van der Waals surface area contributed by atoms with Crippen LogP contribution in [0.2, 0.25) is 5.02 Å². The second-order valence-corrected chi connectivity index (χ2v) is 5.87. The summed E-state index contributed by atoms with van der Waals surface area (Å²) >= 11 is 7.13. The number of hydrogen-bond donors (Lipinski definition) is 0. The van der Waals surface area contributed by atoms with Crippen molar-refractivity contribution < 1.29 is 9.66 Å². The Hall–Kier alpha value is -1.17. The van der Waals surface area contributed by atoms with Gasteiger partial charge in [0.05, 0.1) is 0 Å². The molecule has 1 radical (unpaired) electrons. The molecule has 0 aromatic heterocycles. The first-order valence-corrected chi connectivity index (χ1v) is 7.29. The standard InChI is InChI=1S/C13H9ClNO3.Po/c1-18-10-7-5-9(6-8-10)11-3-2-4-12(14)13(11)15(16)17;/h2-5,7-8H,1H3;. The molecule has 0 aliphatic heterocycles. The molecule has 0 amide bonds. The number of nitro benzene ring substituents is 1. The molecule has 0 aliphatic rings. The van der Waals surface area contributed by atoms with E-state index in [1.54, 1.807) is 25.3 Å². The zero-order chi connectivity index (χ0) is 14.0. The fraction of sp³-hybridized carbons (Fsp3) is 0.0769. The van der Waals surface area contributed by atoms with Crippen LogP contribution in [-0.2, 0) is 0 Å². The molecule has 0 spiro atoms. The summed E-state index contributed by atoms with van der Waals surface area (Å²) in [5.41, 5.74) is 1.28. The summed E-state index contributed by atoms with van der Waals surface area (Å²) < 4.78 is 6.12. The quantitative estimate of drug-likeness (QED) is 0.511. The Kier molecular flexibility index (Phi) is 4.39. The molecule has 0 bridgehead atoms. The van der Waals surface area contributed by atoms with E-state index < -0.39 is 4.92 Å². The Bertz CT molecular complexity index is 646. The van der Waals surface area contributed by atoms with E-state index in [0.717, 1.165) is 14.5 Å². The van der Waals surface area contributed by atoms with Gasteiger partial charge in [0.25, 0.3) is 0 Å². The van der Waals surface area contributed by atoms with Crippen molar-refractivity contribution in [3.63, 3.8) is 0 Å². The molecule has 0 atom stereocenters. The van der Waals surface area contributed by atoms with Gasteiger partial charge in [0.2, 0.25) is 0 Å². The van der Waals surface area contributed by atoms with Gasteiger partial charge in [0.15, 0.2) is 0 Å². The van der Waals surface area contributed by atoms with Crippen molar-refractivity contribution in [1.82, 2.24) is 0 Å². The molecule has 0 heterocycles. The summed E-state index contributed by atoms with van der Waals surface area (Å²) in [6.07, 6.45) is 0. The van der Waals surface area contributed by atoms with Crippen molar-refractivity contribution in [1.29, 1.82) is 0 Å². The number of rotatable bonds is 3. The normalized spacial score (nSPS) is 10.2. The van der Waals surface area contributed by atoms with Gasteiger partial charge in [-0.1, -0.05) is 0 Å². The van der Waals surface area contributed by atoms with Crippen LogP contribution in [0.15, 0.2) is 36.4 Å². The molecule has 6 heteroatoms. The molecule has 0 unspecified atom stereocenters. The number of hydrogen-bond acceptors (Lipinski definition) is 3. The summed E-state index contributed by atoms with van der Waals surface area (Å²) in [4.78, 5) is 10.7. The molecular weight excluding hydrogens is 463 g/mol. The van der Waals surface area contributed by atoms with Crippen LogP contribution in [0.3, 0.4) is 0 Å². The van der Waals surface area contributed by atoms with Gasteiger partial charge in [0.1, 0.15) is 0 Å². The topological polar surface area (TPSA) is 52.4 Å². The molecule has 0 N–H and O–H groups in total. The van der Waals surface area contributed by atoms with Crippen molar-refractivity contribution in [3.8, 4) is 16.9 Å². The maximum atomic E-state index is 11.2. The number of para-hydroxylation sites is 1. The number of benzene rings is 2. The molecule has 4 nitrogen and oxygen atoms in total. The van der Waals surface area contributed by atoms with Crippen LogP contribution in [0.5, 0.6) is 5.75 Å². The third kappa shape index (κ3) is 2.88. The Morgan fingerprint density at radius 3 is 2.58 bits per heavy atom. The minimum absolute atomic E-state index is 0.0585. The van der Waals surface area contributed by atoms with E-state index in [-0.39, 0.29) is 10.7 Å². The van der Waals surface area contributed by atoms with Crippen LogP contribution in [0.1, 0.15) is 0 Å². The van der Waals surface area contributed by atoms with Crippen LogP contribution in [0, 0.1) is 10.1 Å². The van der Waals surface area contributed by atoms with E-state index in [4.69, 9.17) is 16.3 Å². The molecule has 0 saturated carbocycles. The molecule has 0 saturated heterocycles. The number of nitrogens with zero attached hydrogens (tertiary/aromatic N) is 1. The molecule has 0 fully saturated rings. The fourth-order valence-corrected chi connectivity index (χ4v) is 3.16. The van der Waals surface area contributed by atoms with Gasteiger partial charge in [-0.3, -0.25) is 0 Å². The second kappa shape index (κ2) is 5.86. The van der Waals surface area contributed by atoms with Gasteiger partial charge in [-0.25, -0.2) is 0 Å². The molecule has 97 valence electrons. The van der Waals surface area contributed by atoms with E-state index >= 15 is 0 Å². The average molecular weight is 472 g/mol. The summed E-state index contributed by atoms with van der Waals surface area (Å²) in [6, 6.07) is 10.4. The van der Waals surface area contributed by atoms with Crippen molar-refractivity contribution in [2.75, 3.05) is 7.11 Å². The summed E-state index contributed by atoms with van der Waals surface area (Å²) in [5.74, 6) is 0.735. The summed E-state index contributed by atoms with van der Waals surface area (Å²) in [5, 5.41) is 11.3. The van der Waals surface area contributed by atoms with Gasteiger partial charge >= 0.3 is 131 Å². The van der Waals surface area contributed by atoms with Crippen molar-refractivity contribution in [2.24, 2.45) is 0 Å². The second-order valence-electron chi connectivity index (χ2n) is 3.76. The van der Waals surface area contributed by atoms with E-state index in [9.17, 15) is 10.1 Å². The maximum absolute atomic E-state index is 11.2. The van der Waals surface area contributed by atoms with Gasteiger partial charge in [-0.15, -0.1) is 0 Å². The summed E-state index contributed by atoms with van der Waals surface area (Å²) in [6.45, 7) is 0. The van der Waals surface area contributed by atoms with Gasteiger partial charge in [-0.2, -0.15) is 0 Å². The van der Waals surface area contributed by atoms with E-state index in [0.29, 0.717) is 5.56 Å². The average Bonchev–Trinajstić information content (AvgIpc) is 2.37. The van der Waals surface area contributed by atoms with Gasteiger partial charge in [0, 0.05) is 0 Å². The SMILES string of the molecule is COc1ccc(-c2cccc(Cl)c2[N+](=O)[O-])[c]([Po])c1. The molecule has 0 aliphatic carbocycles. The Balaban J connectivity index is 2.65. The van der Waals surface area contributed by atoms with Crippen LogP contribution in [0.25, 0.3) is 11.1 Å². The summed E-state index contributed by atoms with van der Waals surface area (Å²) in [7, 11) is 1.59. The predicted molar refractivity (Wildman–Crippen MR) is 75.5 cm³/mol. The van der Waals surface area contributed by atoms with E-state index in [1.807, 2.05) is 12.1 Å². The number of halogens is 1. The Morgan fingerprint density at radius 2 is 2.00 bits per heavy atom. The van der Waals surface area contributed by atoms with Crippen LogP contribution >= 0.6 is 11.6 Å². The van der Waals surface area contributed by atoms with Crippen molar-refractivity contribution >= 4 is 45.6 Å². The first-order valence-electron chi connectivity index (χ1n) is 5.33. The Morgan fingerprint density at radius 1 is 1.26 bits per heavy atom. The monoisotopic (exact) mass is 471 g/mol. The first kappa shape index (κ1) is 14.2. The van der Waals surface area contributed by atoms with E-state index in [1.165, 1.54) is 31.1 Å². The fourth-order valence-electron chi connectivity index (χ4n) is 1.77. The zero-order valence-electron chi connectivity index (χ0n) is 9.92. The number of ether oxygens (including phenoxy) is 1. The van der Waals surface area contributed by atoms with Gasteiger partial charge < -0.3 is 0 Å². The van der Waals surface area contributed by atoms with Crippen LogP contribution in [0.4, 0.5) is 5.69 Å². The van der Waals surface area contributed by atoms with Gasteiger partial charge in [-0.05, 0) is 0 Å². The Labute approximate surface area is 130 Å². The number of methoxy groups -OCH3 is 1. The minimum atomic E-state index is -0.448. The first-order chi connectivity index (χ1) is 9.04. The molecule has 19 heavy (non-hydrogen) atoms. The third-order valence-corrected chi connectivity index (χ3v) is 4.27. The third-order valence-electron chi connectivity index (χ3n) is 2.65.